The van der Waals surface area contributed by atoms with Gasteiger partial charge in [0.05, 0.1) is 5.56 Å². The molecule has 3 aromatic rings. The fourth-order valence-electron chi connectivity index (χ4n) is 3.50. The lowest BCUT2D eigenvalue weighted by Crippen LogP contribution is -2.37. The van der Waals surface area contributed by atoms with Gasteiger partial charge in [-0.3, -0.25) is 4.79 Å². The van der Waals surface area contributed by atoms with Crippen molar-refractivity contribution in [2.45, 2.75) is 25.5 Å². The largest absolute Gasteiger partial charge is 0.488 e. The van der Waals surface area contributed by atoms with Crippen molar-refractivity contribution in [3.05, 3.63) is 77.9 Å². The first-order valence-corrected chi connectivity index (χ1v) is 8.72. The number of carbonyl (C=O) groups is 1. The van der Waals surface area contributed by atoms with Gasteiger partial charge in [0.15, 0.2) is 5.78 Å². The fraction of sp³-hybridized carbons (Fsp3) is 0.227. The highest BCUT2D eigenvalue weighted by atomic mass is 16.5. The molecule has 3 heteroatoms. The minimum Gasteiger partial charge on any atom is -0.488 e. The first-order valence-electron chi connectivity index (χ1n) is 8.72. The summed E-state index contributed by atoms with van der Waals surface area (Å²) >= 11 is 0. The van der Waals surface area contributed by atoms with Crippen LogP contribution in [-0.2, 0) is 0 Å². The maximum Gasteiger partial charge on any atom is 0.170 e. The number of para-hydroxylation sites is 1. The Morgan fingerprint density at radius 2 is 1.80 bits per heavy atom. The van der Waals surface area contributed by atoms with E-state index in [0.717, 1.165) is 0 Å². The van der Waals surface area contributed by atoms with Crippen LogP contribution in [0.2, 0.25) is 0 Å². The van der Waals surface area contributed by atoms with Crippen molar-refractivity contribution in [2.24, 2.45) is 0 Å². The van der Waals surface area contributed by atoms with Crippen LogP contribution in [0.3, 0.4) is 0 Å². The van der Waals surface area contributed by atoms with Crippen LogP contribution in [-0.4, -0.2) is 18.4 Å². The van der Waals surface area contributed by atoms with E-state index in [1.54, 1.807) is 0 Å². The van der Waals surface area contributed by atoms with Gasteiger partial charge in [0.1, 0.15) is 11.9 Å². The summed E-state index contributed by atoms with van der Waals surface area (Å²) in [4.78, 5) is 12.3. The molecule has 0 aromatic heterocycles. The fourth-order valence-corrected chi connectivity index (χ4v) is 3.50. The van der Waals surface area contributed by atoms with Gasteiger partial charge in [-0.05, 0) is 35.4 Å². The zero-order valence-corrected chi connectivity index (χ0v) is 14.2. The van der Waals surface area contributed by atoms with Crippen LogP contribution >= 0.6 is 0 Å². The predicted octanol–water partition coefficient (Wildman–Crippen LogP) is 4.52. The highest BCUT2D eigenvalue weighted by Gasteiger charge is 2.26. The quantitative estimate of drug-likeness (QED) is 0.763. The lowest BCUT2D eigenvalue weighted by Gasteiger charge is -2.27. The number of rotatable bonds is 4. The predicted molar refractivity (Wildman–Crippen MR) is 100 cm³/mol. The normalized spacial score (nSPS) is 17.8. The zero-order chi connectivity index (χ0) is 17.2. The van der Waals surface area contributed by atoms with Gasteiger partial charge in [-0.15, -0.1) is 0 Å². The first kappa shape index (κ1) is 15.9. The minimum absolute atomic E-state index is 0.125. The van der Waals surface area contributed by atoms with Gasteiger partial charge in [0, 0.05) is 19.0 Å². The topological polar surface area (TPSA) is 38.3 Å². The molecule has 0 aliphatic carbocycles. The maximum absolute atomic E-state index is 12.3. The maximum atomic E-state index is 12.3. The molecule has 1 N–H and O–H groups in total. The van der Waals surface area contributed by atoms with Gasteiger partial charge in [0.25, 0.3) is 0 Å². The van der Waals surface area contributed by atoms with E-state index in [4.69, 9.17) is 4.74 Å². The highest BCUT2D eigenvalue weighted by Crippen LogP contribution is 2.28. The third-order valence-corrected chi connectivity index (χ3v) is 4.84. The second kappa shape index (κ2) is 6.69. The number of benzene rings is 3. The second-order valence-corrected chi connectivity index (χ2v) is 6.56. The average molecular weight is 331 g/mol. The summed E-state index contributed by atoms with van der Waals surface area (Å²) < 4.78 is 5.99. The van der Waals surface area contributed by atoms with Crippen molar-refractivity contribution in [1.29, 1.82) is 0 Å². The van der Waals surface area contributed by atoms with Crippen molar-refractivity contribution in [3.63, 3.8) is 0 Å². The van der Waals surface area contributed by atoms with Gasteiger partial charge >= 0.3 is 0 Å². The van der Waals surface area contributed by atoms with Crippen molar-refractivity contribution >= 4 is 16.6 Å². The molecule has 25 heavy (non-hydrogen) atoms. The molecule has 126 valence electrons. The summed E-state index contributed by atoms with van der Waals surface area (Å²) in [6, 6.07) is 22.4. The van der Waals surface area contributed by atoms with Crippen molar-refractivity contribution in [2.75, 3.05) is 6.54 Å². The monoisotopic (exact) mass is 331 g/mol. The van der Waals surface area contributed by atoms with Crippen LogP contribution in [0.5, 0.6) is 5.75 Å². The number of fused-ring (bicyclic) bond motifs is 2. The Labute approximate surface area is 147 Å². The lowest BCUT2D eigenvalue weighted by molar-refractivity contribution is 0.0846. The minimum atomic E-state index is -0.125. The van der Waals surface area contributed by atoms with Gasteiger partial charge in [-0.25, -0.2) is 0 Å². The number of ketones is 1. The summed E-state index contributed by atoms with van der Waals surface area (Å²) in [7, 11) is 0. The van der Waals surface area contributed by atoms with Gasteiger partial charge < -0.3 is 10.1 Å². The Hall–Kier alpha value is -2.65. The summed E-state index contributed by atoms with van der Waals surface area (Å²) in [5.41, 5.74) is 1.96. The Kier molecular flexibility index (Phi) is 4.24. The molecular formula is C22H21NO2. The molecule has 0 saturated heterocycles. The second-order valence-electron chi connectivity index (χ2n) is 6.56. The van der Waals surface area contributed by atoms with Gasteiger partial charge in [-0.1, -0.05) is 54.6 Å². The molecule has 0 fully saturated rings. The SMILES string of the molecule is CC(NC[C@H]1CC(=O)c2ccccc2O1)c1cccc2ccccc12. The van der Waals surface area contributed by atoms with E-state index < -0.39 is 0 Å². The molecular weight excluding hydrogens is 310 g/mol. The molecule has 1 unspecified atom stereocenters. The Morgan fingerprint density at radius 1 is 1.04 bits per heavy atom. The number of Topliss-reactive ketones (excluding diaryl/α,β-unsaturated/α-hetero) is 1. The smallest absolute Gasteiger partial charge is 0.170 e. The molecule has 3 aromatic carbocycles. The Morgan fingerprint density at radius 3 is 2.72 bits per heavy atom. The molecule has 0 saturated carbocycles. The molecule has 1 heterocycles. The van der Waals surface area contributed by atoms with E-state index in [0.29, 0.717) is 24.3 Å². The van der Waals surface area contributed by atoms with E-state index >= 15 is 0 Å². The first-order chi connectivity index (χ1) is 12.2. The molecule has 1 aliphatic rings. The molecule has 2 atom stereocenters. The summed E-state index contributed by atoms with van der Waals surface area (Å²) in [6.45, 7) is 2.80. The highest BCUT2D eigenvalue weighted by molar-refractivity contribution is 5.99. The third-order valence-electron chi connectivity index (χ3n) is 4.84. The molecule has 0 bridgehead atoms. The molecule has 4 rings (SSSR count). The Bertz CT molecular complexity index is 913. The molecule has 3 nitrogen and oxygen atoms in total. The van der Waals surface area contributed by atoms with Crippen molar-refractivity contribution < 1.29 is 9.53 Å². The standard InChI is InChI=1S/C22H21NO2/c1-15(18-11-6-8-16-7-2-3-9-19(16)18)23-14-17-13-21(24)20-10-4-5-12-22(20)25-17/h2-12,15,17,23H,13-14H2,1H3/t15?,17-/m1/s1. The van der Waals surface area contributed by atoms with Crippen LogP contribution in [0.15, 0.2) is 66.7 Å². The van der Waals surface area contributed by atoms with Crippen LogP contribution in [0.1, 0.15) is 35.3 Å². The van der Waals surface area contributed by atoms with Gasteiger partial charge in [-0.2, -0.15) is 0 Å². The average Bonchev–Trinajstić information content (AvgIpc) is 2.66. The van der Waals surface area contributed by atoms with Crippen molar-refractivity contribution in [1.82, 2.24) is 5.32 Å². The Balaban J connectivity index is 1.47. The van der Waals surface area contributed by atoms with E-state index in [-0.39, 0.29) is 17.9 Å². The third kappa shape index (κ3) is 3.15. The van der Waals surface area contributed by atoms with E-state index in [1.807, 2.05) is 24.3 Å². The van der Waals surface area contributed by atoms with Crippen molar-refractivity contribution in [3.8, 4) is 5.75 Å². The van der Waals surface area contributed by atoms with Crippen LogP contribution < -0.4 is 10.1 Å². The number of nitrogens with one attached hydrogen (secondary N) is 1. The molecule has 0 radical (unpaired) electrons. The summed E-state index contributed by atoms with van der Waals surface area (Å²) in [5.74, 6) is 0.856. The number of hydrogen-bond acceptors (Lipinski definition) is 3. The van der Waals surface area contributed by atoms with Gasteiger partial charge in [0.2, 0.25) is 0 Å². The number of ether oxygens (including phenoxy) is 1. The molecule has 0 amide bonds. The van der Waals surface area contributed by atoms with Crippen LogP contribution in [0.4, 0.5) is 0 Å². The molecule has 0 spiro atoms. The van der Waals surface area contributed by atoms with E-state index in [1.165, 1.54) is 16.3 Å². The van der Waals surface area contributed by atoms with Crippen LogP contribution in [0.25, 0.3) is 10.8 Å². The van der Waals surface area contributed by atoms with E-state index in [9.17, 15) is 4.79 Å². The summed E-state index contributed by atoms with van der Waals surface area (Å²) in [6.07, 6.45) is 0.298. The van der Waals surface area contributed by atoms with E-state index in [2.05, 4.69) is 54.7 Å². The summed E-state index contributed by atoms with van der Waals surface area (Å²) in [5, 5.41) is 6.04. The zero-order valence-electron chi connectivity index (χ0n) is 14.2. The van der Waals surface area contributed by atoms with Crippen LogP contribution in [0, 0.1) is 0 Å². The number of hydrogen-bond donors (Lipinski definition) is 1. The molecule has 1 aliphatic heterocycles. The number of carbonyl (C=O) groups excluding carboxylic acids is 1. The lowest BCUT2D eigenvalue weighted by atomic mass is 9.98.